The minimum absolute atomic E-state index is 0.333. The Hall–Kier alpha value is -0.290. The zero-order valence-corrected chi connectivity index (χ0v) is 15.7. The number of rotatable bonds is 4. The molecule has 0 saturated carbocycles. The summed E-state index contributed by atoms with van der Waals surface area (Å²) in [5, 5.41) is 0.903. The smallest absolute Gasteiger partial charge is 0.142 e. The monoisotopic (exact) mass is 454 g/mol. The van der Waals surface area contributed by atoms with Gasteiger partial charge in [-0.15, -0.1) is 0 Å². The lowest BCUT2D eigenvalue weighted by Crippen LogP contribution is -2.00. The largest absolute Gasteiger partial charge is 0.492 e. The van der Waals surface area contributed by atoms with E-state index in [1.807, 2.05) is 6.92 Å². The van der Waals surface area contributed by atoms with Crippen LogP contribution in [0.4, 0.5) is 4.39 Å². The molecule has 0 aliphatic rings. The average molecular weight is 457 g/mol. The molecule has 0 heterocycles. The van der Waals surface area contributed by atoms with E-state index in [0.29, 0.717) is 38.0 Å². The summed E-state index contributed by atoms with van der Waals surface area (Å²) in [6.07, 6.45) is 0. The summed E-state index contributed by atoms with van der Waals surface area (Å²) in [4.78, 5) is -0.407. The highest BCUT2D eigenvalue weighted by Crippen LogP contribution is 2.41. The Labute approximate surface area is 149 Å². The second-order valence-electron chi connectivity index (χ2n) is 4.24. The van der Waals surface area contributed by atoms with Crippen LogP contribution in [0.25, 0.3) is 0 Å². The molecule has 112 valence electrons. The molecule has 0 bridgehead atoms. The Bertz CT molecular complexity index is 664. The Morgan fingerprint density at radius 2 is 1.90 bits per heavy atom. The van der Waals surface area contributed by atoms with Crippen LogP contribution >= 0.6 is 55.1 Å². The Balaban J connectivity index is 2.46. The first kappa shape index (κ1) is 17.1. The molecule has 1 atom stereocenters. The van der Waals surface area contributed by atoms with Gasteiger partial charge in [-0.1, -0.05) is 51.3 Å². The molecular weight excluding hydrogens is 446 g/mol. The number of benzene rings is 2. The van der Waals surface area contributed by atoms with Gasteiger partial charge in [-0.05, 0) is 40.5 Å². The molecule has 1 nitrogen and oxygen atoms in total. The van der Waals surface area contributed by atoms with Gasteiger partial charge in [0.1, 0.15) is 11.6 Å². The van der Waals surface area contributed by atoms with Crippen LogP contribution in [0.15, 0.2) is 34.8 Å². The van der Waals surface area contributed by atoms with Crippen LogP contribution in [0.5, 0.6) is 5.75 Å². The van der Waals surface area contributed by atoms with Crippen LogP contribution in [-0.2, 0) is 0 Å². The van der Waals surface area contributed by atoms with Crippen molar-refractivity contribution in [1.82, 2.24) is 0 Å². The SMILES string of the molecule is CCOc1cc(Cl)c(C(Br)c2cccc(Br)c2F)cc1Cl. The van der Waals surface area contributed by atoms with Crippen molar-refractivity contribution in [3.8, 4) is 5.75 Å². The van der Waals surface area contributed by atoms with Crippen molar-refractivity contribution >= 4 is 55.1 Å². The number of ether oxygens (including phenoxy) is 1. The van der Waals surface area contributed by atoms with Gasteiger partial charge in [-0.25, -0.2) is 4.39 Å². The van der Waals surface area contributed by atoms with E-state index in [9.17, 15) is 4.39 Å². The summed E-state index contributed by atoms with van der Waals surface area (Å²) < 4.78 is 20.0. The van der Waals surface area contributed by atoms with Crippen LogP contribution in [0.2, 0.25) is 10.0 Å². The number of alkyl halides is 1. The van der Waals surface area contributed by atoms with Crippen LogP contribution in [0, 0.1) is 5.82 Å². The molecule has 0 N–H and O–H groups in total. The lowest BCUT2D eigenvalue weighted by molar-refractivity contribution is 0.340. The molecule has 2 aromatic rings. The minimum Gasteiger partial charge on any atom is -0.492 e. The van der Waals surface area contributed by atoms with Gasteiger partial charge in [0.05, 0.1) is 20.9 Å². The first-order valence-corrected chi connectivity index (χ1v) is 8.61. The summed E-state index contributed by atoms with van der Waals surface area (Å²) in [6.45, 7) is 2.36. The van der Waals surface area contributed by atoms with E-state index < -0.39 is 4.83 Å². The number of hydrogen-bond donors (Lipinski definition) is 0. The van der Waals surface area contributed by atoms with Gasteiger partial charge in [0, 0.05) is 16.7 Å². The van der Waals surface area contributed by atoms with Gasteiger partial charge in [0.25, 0.3) is 0 Å². The molecule has 2 rings (SSSR count). The molecule has 2 aromatic carbocycles. The second kappa shape index (κ2) is 7.32. The standard InChI is InChI=1S/C15H11Br2Cl2FO/c1-2-21-13-7-11(18)9(6-12(13)19)14(17)8-4-3-5-10(16)15(8)20/h3-7,14H,2H2,1H3. The highest BCUT2D eigenvalue weighted by atomic mass is 79.9. The molecule has 0 amide bonds. The second-order valence-corrected chi connectivity index (χ2v) is 6.83. The predicted molar refractivity (Wildman–Crippen MR) is 92.5 cm³/mol. The van der Waals surface area contributed by atoms with Crippen LogP contribution in [0.1, 0.15) is 22.9 Å². The van der Waals surface area contributed by atoms with E-state index in [0.717, 1.165) is 0 Å². The summed E-state index contributed by atoms with van der Waals surface area (Å²) >= 11 is 19.1. The molecule has 0 aliphatic carbocycles. The molecule has 6 heteroatoms. The van der Waals surface area contributed by atoms with Crippen LogP contribution < -0.4 is 4.74 Å². The normalized spacial score (nSPS) is 12.3. The lowest BCUT2D eigenvalue weighted by atomic mass is 10.0. The highest BCUT2D eigenvalue weighted by Gasteiger charge is 2.20. The summed E-state index contributed by atoms with van der Waals surface area (Å²) in [6, 6.07) is 8.44. The first-order chi connectivity index (χ1) is 9.95. The third-order valence-corrected chi connectivity index (χ3v) is 5.10. The number of hydrogen-bond acceptors (Lipinski definition) is 1. The Morgan fingerprint density at radius 1 is 1.19 bits per heavy atom. The highest BCUT2D eigenvalue weighted by molar-refractivity contribution is 9.10. The topological polar surface area (TPSA) is 9.23 Å². The van der Waals surface area contributed by atoms with Gasteiger partial charge >= 0.3 is 0 Å². The van der Waals surface area contributed by atoms with Gasteiger partial charge in [0.2, 0.25) is 0 Å². The molecule has 0 aromatic heterocycles. The van der Waals surface area contributed by atoms with Crippen LogP contribution in [0.3, 0.4) is 0 Å². The van der Waals surface area contributed by atoms with E-state index in [1.54, 1.807) is 30.3 Å². The fourth-order valence-corrected chi connectivity index (χ4v) is 3.62. The van der Waals surface area contributed by atoms with Gasteiger partial charge in [-0.3, -0.25) is 0 Å². The van der Waals surface area contributed by atoms with E-state index >= 15 is 0 Å². The molecule has 0 aliphatic heterocycles. The van der Waals surface area contributed by atoms with Crippen molar-refractivity contribution in [2.45, 2.75) is 11.8 Å². The maximum atomic E-state index is 14.2. The van der Waals surface area contributed by atoms with Crippen molar-refractivity contribution in [3.05, 3.63) is 61.8 Å². The van der Waals surface area contributed by atoms with E-state index in [4.69, 9.17) is 27.9 Å². The lowest BCUT2D eigenvalue weighted by Gasteiger charge is -2.16. The Kier molecular flexibility index (Phi) is 5.95. The fourth-order valence-electron chi connectivity index (χ4n) is 1.89. The zero-order chi connectivity index (χ0) is 15.6. The zero-order valence-electron chi connectivity index (χ0n) is 11.0. The van der Waals surface area contributed by atoms with E-state index in [2.05, 4.69) is 31.9 Å². The number of halogens is 5. The predicted octanol–water partition coefficient (Wildman–Crippen LogP) is 6.78. The summed E-state index contributed by atoms with van der Waals surface area (Å²) in [5.41, 5.74) is 1.16. The maximum absolute atomic E-state index is 14.2. The summed E-state index contributed by atoms with van der Waals surface area (Å²) in [5.74, 6) is 0.183. The molecule has 0 spiro atoms. The van der Waals surface area contributed by atoms with Crippen molar-refractivity contribution in [3.63, 3.8) is 0 Å². The molecule has 0 saturated heterocycles. The average Bonchev–Trinajstić information content (AvgIpc) is 2.45. The van der Waals surface area contributed by atoms with Crippen molar-refractivity contribution in [1.29, 1.82) is 0 Å². The van der Waals surface area contributed by atoms with Crippen molar-refractivity contribution in [2.24, 2.45) is 0 Å². The molecular formula is C15H11Br2Cl2FO. The molecule has 1 unspecified atom stereocenters. The van der Waals surface area contributed by atoms with Crippen molar-refractivity contribution < 1.29 is 9.13 Å². The van der Waals surface area contributed by atoms with Gasteiger partial charge in [0.15, 0.2) is 0 Å². The molecule has 21 heavy (non-hydrogen) atoms. The Morgan fingerprint density at radius 3 is 2.57 bits per heavy atom. The third-order valence-electron chi connectivity index (χ3n) is 2.88. The molecule has 0 fully saturated rings. The maximum Gasteiger partial charge on any atom is 0.142 e. The van der Waals surface area contributed by atoms with Gasteiger partial charge in [-0.2, -0.15) is 0 Å². The quantitative estimate of drug-likeness (QED) is 0.461. The van der Waals surface area contributed by atoms with Crippen molar-refractivity contribution in [2.75, 3.05) is 6.61 Å². The summed E-state index contributed by atoms with van der Waals surface area (Å²) in [7, 11) is 0. The first-order valence-electron chi connectivity index (χ1n) is 6.15. The van der Waals surface area contributed by atoms with E-state index in [-0.39, 0.29) is 5.82 Å². The van der Waals surface area contributed by atoms with Crippen LogP contribution in [-0.4, -0.2) is 6.61 Å². The molecule has 0 radical (unpaired) electrons. The fraction of sp³-hybridized carbons (Fsp3) is 0.200. The minimum atomic E-state index is -0.407. The van der Waals surface area contributed by atoms with E-state index in [1.165, 1.54) is 0 Å². The van der Waals surface area contributed by atoms with Gasteiger partial charge < -0.3 is 4.74 Å². The third kappa shape index (κ3) is 3.73.